The summed E-state index contributed by atoms with van der Waals surface area (Å²) in [6.45, 7) is 4.38. The molecule has 118 valence electrons. The standard InChI is InChI=1S/C14H25F3N2O/c1-9(11-3-4-11)19-6-12(10(2)20)5-13(7-19)18-8-14(15,16)17/h9-13,18,20H,3-8H2,1-2H3. The molecule has 1 saturated carbocycles. The molecule has 0 radical (unpaired) electrons. The summed E-state index contributed by atoms with van der Waals surface area (Å²) < 4.78 is 37.0. The smallest absolute Gasteiger partial charge is 0.393 e. The minimum atomic E-state index is -4.18. The van der Waals surface area contributed by atoms with Gasteiger partial charge in [-0.15, -0.1) is 0 Å². The van der Waals surface area contributed by atoms with Gasteiger partial charge in [0.05, 0.1) is 12.6 Å². The molecule has 3 nitrogen and oxygen atoms in total. The molecule has 2 aliphatic rings. The first-order chi connectivity index (χ1) is 9.26. The van der Waals surface area contributed by atoms with Gasteiger partial charge in [0.1, 0.15) is 0 Å². The zero-order chi connectivity index (χ0) is 14.9. The monoisotopic (exact) mass is 294 g/mol. The van der Waals surface area contributed by atoms with Crippen molar-refractivity contribution in [3.05, 3.63) is 0 Å². The SMILES string of the molecule is CC(O)C1CC(NCC(F)(F)F)CN(C(C)C2CC2)C1. The summed E-state index contributed by atoms with van der Waals surface area (Å²) in [5.74, 6) is 0.738. The molecule has 1 aliphatic carbocycles. The molecule has 0 aromatic carbocycles. The zero-order valence-electron chi connectivity index (χ0n) is 12.2. The second kappa shape index (κ2) is 6.20. The summed E-state index contributed by atoms with van der Waals surface area (Å²) in [6.07, 6.45) is -1.60. The Labute approximate surface area is 118 Å². The van der Waals surface area contributed by atoms with Gasteiger partial charge >= 0.3 is 6.18 Å². The van der Waals surface area contributed by atoms with Crippen molar-refractivity contribution < 1.29 is 18.3 Å². The molecule has 20 heavy (non-hydrogen) atoms. The zero-order valence-corrected chi connectivity index (χ0v) is 12.2. The largest absolute Gasteiger partial charge is 0.401 e. The van der Waals surface area contributed by atoms with Crippen LogP contribution in [0, 0.1) is 11.8 Å². The molecule has 2 rings (SSSR count). The Hall–Kier alpha value is -0.330. The lowest BCUT2D eigenvalue weighted by Gasteiger charge is -2.42. The van der Waals surface area contributed by atoms with Gasteiger partial charge in [-0.1, -0.05) is 0 Å². The fourth-order valence-electron chi connectivity index (χ4n) is 3.14. The van der Waals surface area contributed by atoms with Crippen LogP contribution in [0.15, 0.2) is 0 Å². The van der Waals surface area contributed by atoms with Gasteiger partial charge in [-0.05, 0) is 44.9 Å². The molecular formula is C14H25F3N2O. The molecule has 1 aliphatic heterocycles. The quantitative estimate of drug-likeness (QED) is 0.814. The molecule has 6 heteroatoms. The predicted octanol–water partition coefficient (Wildman–Crippen LogP) is 2.01. The first kappa shape index (κ1) is 16.0. The topological polar surface area (TPSA) is 35.5 Å². The van der Waals surface area contributed by atoms with Gasteiger partial charge in [0.15, 0.2) is 0 Å². The second-order valence-electron chi connectivity index (χ2n) is 6.46. The Morgan fingerprint density at radius 1 is 1.20 bits per heavy atom. The Balaban J connectivity index is 1.93. The van der Waals surface area contributed by atoms with Crippen LogP contribution < -0.4 is 5.32 Å². The van der Waals surface area contributed by atoms with E-state index in [1.54, 1.807) is 6.92 Å². The number of hydrogen-bond acceptors (Lipinski definition) is 3. The molecule has 2 fully saturated rings. The van der Waals surface area contributed by atoms with E-state index in [4.69, 9.17) is 0 Å². The summed E-state index contributed by atoms with van der Waals surface area (Å²) in [4.78, 5) is 2.26. The van der Waals surface area contributed by atoms with Gasteiger partial charge in [-0.25, -0.2) is 0 Å². The number of piperidine rings is 1. The van der Waals surface area contributed by atoms with E-state index in [0.29, 0.717) is 24.9 Å². The maximum Gasteiger partial charge on any atom is 0.401 e. The van der Waals surface area contributed by atoms with Crippen molar-refractivity contribution in [2.24, 2.45) is 11.8 Å². The summed E-state index contributed by atoms with van der Waals surface area (Å²) in [5.41, 5.74) is 0. The molecule has 0 aromatic rings. The average molecular weight is 294 g/mol. The van der Waals surface area contributed by atoms with E-state index in [-0.39, 0.29) is 12.0 Å². The number of aliphatic hydroxyl groups is 1. The van der Waals surface area contributed by atoms with Crippen LogP contribution in [0.4, 0.5) is 13.2 Å². The first-order valence-electron chi connectivity index (χ1n) is 7.48. The van der Waals surface area contributed by atoms with Crippen molar-refractivity contribution >= 4 is 0 Å². The van der Waals surface area contributed by atoms with Crippen LogP contribution in [0.25, 0.3) is 0 Å². The van der Waals surface area contributed by atoms with Crippen LogP contribution in [0.1, 0.15) is 33.1 Å². The molecule has 0 amide bonds. The lowest BCUT2D eigenvalue weighted by atomic mass is 9.89. The van der Waals surface area contributed by atoms with Crippen LogP contribution in [0.3, 0.4) is 0 Å². The number of halogens is 3. The second-order valence-corrected chi connectivity index (χ2v) is 6.46. The van der Waals surface area contributed by atoms with E-state index in [0.717, 1.165) is 6.54 Å². The van der Waals surface area contributed by atoms with Gasteiger partial charge in [0, 0.05) is 25.2 Å². The highest BCUT2D eigenvalue weighted by molar-refractivity contribution is 4.92. The van der Waals surface area contributed by atoms with Crippen LogP contribution >= 0.6 is 0 Å². The number of likely N-dealkylation sites (tertiary alicyclic amines) is 1. The summed E-state index contributed by atoms with van der Waals surface area (Å²) in [7, 11) is 0. The third-order valence-corrected chi connectivity index (χ3v) is 4.66. The third kappa shape index (κ3) is 4.60. The van der Waals surface area contributed by atoms with Gasteiger partial charge in [-0.3, -0.25) is 4.90 Å². The molecule has 1 heterocycles. The van der Waals surface area contributed by atoms with E-state index in [1.165, 1.54) is 12.8 Å². The van der Waals surface area contributed by atoms with Crippen molar-refractivity contribution in [3.63, 3.8) is 0 Å². The lowest BCUT2D eigenvalue weighted by Crippen LogP contribution is -2.55. The van der Waals surface area contributed by atoms with E-state index in [2.05, 4.69) is 17.1 Å². The highest BCUT2D eigenvalue weighted by Gasteiger charge is 2.38. The van der Waals surface area contributed by atoms with Crippen molar-refractivity contribution in [1.82, 2.24) is 10.2 Å². The number of hydrogen-bond donors (Lipinski definition) is 2. The highest BCUT2D eigenvalue weighted by Crippen LogP contribution is 2.37. The van der Waals surface area contributed by atoms with E-state index in [1.807, 2.05) is 0 Å². The van der Waals surface area contributed by atoms with Crippen LogP contribution in [-0.2, 0) is 0 Å². The number of alkyl halides is 3. The minimum Gasteiger partial charge on any atom is -0.393 e. The molecule has 4 atom stereocenters. The molecular weight excluding hydrogens is 269 g/mol. The van der Waals surface area contributed by atoms with Crippen molar-refractivity contribution in [3.8, 4) is 0 Å². The van der Waals surface area contributed by atoms with Crippen LogP contribution in [0.2, 0.25) is 0 Å². The predicted molar refractivity (Wildman–Crippen MR) is 71.4 cm³/mol. The Kier molecular flexibility index (Phi) is 4.97. The summed E-state index contributed by atoms with van der Waals surface area (Å²) in [5, 5.41) is 12.4. The lowest BCUT2D eigenvalue weighted by molar-refractivity contribution is -0.127. The normalized spacial score (nSPS) is 32.1. The Morgan fingerprint density at radius 2 is 1.85 bits per heavy atom. The van der Waals surface area contributed by atoms with Crippen molar-refractivity contribution in [1.29, 1.82) is 0 Å². The van der Waals surface area contributed by atoms with Gasteiger partial charge < -0.3 is 10.4 Å². The fraction of sp³-hybridized carbons (Fsp3) is 1.00. The summed E-state index contributed by atoms with van der Waals surface area (Å²) >= 11 is 0. The third-order valence-electron chi connectivity index (χ3n) is 4.66. The number of aliphatic hydroxyl groups excluding tert-OH is 1. The molecule has 2 N–H and O–H groups in total. The van der Waals surface area contributed by atoms with Crippen molar-refractivity contribution in [2.75, 3.05) is 19.6 Å². The highest BCUT2D eigenvalue weighted by atomic mass is 19.4. The minimum absolute atomic E-state index is 0.0516. The maximum atomic E-state index is 12.3. The number of nitrogens with zero attached hydrogens (tertiary/aromatic N) is 1. The maximum absolute atomic E-state index is 12.3. The molecule has 0 spiro atoms. The molecule has 1 saturated heterocycles. The Bertz CT molecular complexity index is 318. The van der Waals surface area contributed by atoms with Gasteiger partial charge in [0.25, 0.3) is 0 Å². The van der Waals surface area contributed by atoms with Crippen LogP contribution in [-0.4, -0.2) is 54.0 Å². The van der Waals surface area contributed by atoms with E-state index >= 15 is 0 Å². The van der Waals surface area contributed by atoms with E-state index < -0.39 is 18.8 Å². The molecule has 0 bridgehead atoms. The summed E-state index contributed by atoms with van der Waals surface area (Å²) in [6, 6.07) is 0.220. The van der Waals surface area contributed by atoms with Crippen LogP contribution in [0.5, 0.6) is 0 Å². The van der Waals surface area contributed by atoms with E-state index in [9.17, 15) is 18.3 Å². The number of nitrogens with one attached hydrogen (secondary N) is 1. The first-order valence-corrected chi connectivity index (χ1v) is 7.48. The number of rotatable bonds is 5. The molecule has 0 aromatic heterocycles. The fourth-order valence-corrected chi connectivity index (χ4v) is 3.14. The molecule has 4 unspecified atom stereocenters. The Morgan fingerprint density at radius 3 is 2.35 bits per heavy atom. The van der Waals surface area contributed by atoms with Crippen molar-refractivity contribution in [2.45, 2.75) is 57.5 Å². The van der Waals surface area contributed by atoms with Gasteiger partial charge in [-0.2, -0.15) is 13.2 Å². The van der Waals surface area contributed by atoms with Gasteiger partial charge in [0.2, 0.25) is 0 Å². The average Bonchev–Trinajstić information content (AvgIpc) is 3.18.